The molecule has 102 valence electrons. The van der Waals surface area contributed by atoms with E-state index in [4.69, 9.17) is 0 Å². The molecule has 0 saturated heterocycles. The van der Waals surface area contributed by atoms with E-state index < -0.39 is 12.0 Å². The number of carboxylic acids is 1. The molecule has 2 heterocycles. The highest BCUT2D eigenvalue weighted by Gasteiger charge is 2.18. The van der Waals surface area contributed by atoms with Crippen LogP contribution in [0.4, 0.5) is 0 Å². The number of hydrogen-bond acceptors (Lipinski definition) is 4. The van der Waals surface area contributed by atoms with Gasteiger partial charge in [0.2, 0.25) is 0 Å². The fourth-order valence-electron chi connectivity index (χ4n) is 1.83. The van der Waals surface area contributed by atoms with Gasteiger partial charge >= 0.3 is 5.97 Å². The molecule has 5 nitrogen and oxygen atoms in total. The van der Waals surface area contributed by atoms with Crippen molar-refractivity contribution < 1.29 is 9.90 Å². The van der Waals surface area contributed by atoms with Crippen LogP contribution in [0.25, 0.3) is 10.7 Å². The molecule has 1 atom stereocenters. The summed E-state index contributed by atoms with van der Waals surface area (Å²) in [6, 6.07) is 3.36. The SMILES string of the molecule is CCCNC(Cn1ccnc1-c1cccs1)C(=O)O. The Kier molecular flexibility index (Phi) is 4.70. The van der Waals surface area contributed by atoms with Gasteiger partial charge in [0.15, 0.2) is 0 Å². The zero-order valence-electron chi connectivity index (χ0n) is 10.7. The van der Waals surface area contributed by atoms with Crippen molar-refractivity contribution in [3.8, 4) is 10.7 Å². The maximum absolute atomic E-state index is 11.2. The van der Waals surface area contributed by atoms with E-state index in [9.17, 15) is 9.90 Å². The number of aromatic nitrogens is 2. The van der Waals surface area contributed by atoms with Gasteiger partial charge in [-0.25, -0.2) is 4.98 Å². The Morgan fingerprint density at radius 2 is 2.47 bits per heavy atom. The first kappa shape index (κ1) is 13.8. The number of rotatable bonds is 7. The Morgan fingerprint density at radius 1 is 1.63 bits per heavy atom. The summed E-state index contributed by atoms with van der Waals surface area (Å²) in [5.41, 5.74) is 0. The first-order valence-corrected chi connectivity index (χ1v) is 7.11. The second-order valence-corrected chi connectivity index (χ2v) is 5.17. The molecule has 0 aliphatic rings. The summed E-state index contributed by atoms with van der Waals surface area (Å²) >= 11 is 1.60. The molecule has 6 heteroatoms. The number of thiophene rings is 1. The highest BCUT2D eigenvalue weighted by Crippen LogP contribution is 2.22. The number of aliphatic carboxylic acids is 1. The van der Waals surface area contributed by atoms with E-state index in [1.54, 1.807) is 17.5 Å². The number of hydrogen-bond donors (Lipinski definition) is 2. The molecule has 0 bridgehead atoms. The third kappa shape index (κ3) is 3.42. The smallest absolute Gasteiger partial charge is 0.322 e. The van der Waals surface area contributed by atoms with Crippen LogP contribution in [0, 0.1) is 0 Å². The minimum absolute atomic E-state index is 0.378. The van der Waals surface area contributed by atoms with Crippen LogP contribution in [0.3, 0.4) is 0 Å². The number of carbonyl (C=O) groups is 1. The van der Waals surface area contributed by atoms with Gasteiger partial charge in [-0.15, -0.1) is 11.3 Å². The zero-order chi connectivity index (χ0) is 13.7. The molecule has 2 rings (SSSR count). The molecule has 0 amide bonds. The summed E-state index contributed by atoms with van der Waals surface area (Å²) in [5.74, 6) is -0.0150. The van der Waals surface area contributed by atoms with E-state index in [-0.39, 0.29) is 0 Å². The molecule has 2 N–H and O–H groups in total. The predicted octanol–water partition coefficient (Wildman–Crippen LogP) is 2.06. The van der Waals surface area contributed by atoms with Crippen molar-refractivity contribution in [2.24, 2.45) is 0 Å². The van der Waals surface area contributed by atoms with E-state index in [1.165, 1.54) is 0 Å². The molecule has 0 aromatic carbocycles. The summed E-state index contributed by atoms with van der Waals surface area (Å²) in [6.07, 6.45) is 4.43. The van der Waals surface area contributed by atoms with Crippen molar-refractivity contribution in [1.82, 2.24) is 14.9 Å². The van der Waals surface area contributed by atoms with Crippen molar-refractivity contribution in [2.75, 3.05) is 6.54 Å². The first-order chi connectivity index (χ1) is 9.22. The molecule has 0 saturated carbocycles. The highest BCUT2D eigenvalue weighted by atomic mass is 32.1. The average molecular weight is 279 g/mol. The molecule has 19 heavy (non-hydrogen) atoms. The van der Waals surface area contributed by atoms with E-state index in [0.29, 0.717) is 13.1 Å². The highest BCUT2D eigenvalue weighted by molar-refractivity contribution is 7.13. The number of carboxylic acid groups (broad SMARTS) is 1. The average Bonchev–Trinajstić information content (AvgIpc) is 3.04. The lowest BCUT2D eigenvalue weighted by Gasteiger charge is -2.15. The minimum atomic E-state index is -0.834. The van der Waals surface area contributed by atoms with E-state index in [0.717, 1.165) is 17.1 Å². The quantitative estimate of drug-likeness (QED) is 0.814. The number of nitrogens with zero attached hydrogens (tertiary/aromatic N) is 2. The van der Waals surface area contributed by atoms with Gasteiger partial charge in [0, 0.05) is 12.4 Å². The summed E-state index contributed by atoms with van der Waals surface area (Å²) in [4.78, 5) is 16.6. The molecule has 0 aliphatic heterocycles. The van der Waals surface area contributed by atoms with Gasteiger partial charge in [-0.05, 0) is 24.4 Å². The van der Waals surface area contributed by atoms with Gasteiger partial charge in [0.1, 0.15) is 11.9 Å². The van der Waals surface area contributed by atoms with Crippen molar-refractivity contribution in [3.63, 3.8) is 0 Å². The molecular formula is C13H17N3O2S. The summed E-state index contributed by atoms with van der Waals surface area (Å²) in [5, 5.41) is 14.2. The first-order valence-electron chi connectivity index (χ1n) is 6.23. The Balaban J connectivity index is 2.14. The molecule has 2 aromatic rings. The van der Waals surface area contributed by atoms with Crippen LogP contribution in [0.5, 0.6) is 0 Å². The Hall–Kier alpha value is -1.66. The molecule has 0 spiro atoms. The van der Waals surface area contributed by atoms with E-state index in [2.05, 4.69) is 10.3 Å². The molecule has 0 radical (unpaired) electrons. The normalized spacial score (nSPS) is 12.5. The standard InChI is InChI=1S/C13H17N3O2S/c1-2-5-14-10(13(17)18)9-16-7-6-15-12(16)11-4-3-8-19-11/h3-4,6-8,10,14H,2,5,9H2,1H3,(H,17,18). The van der Waals surface area contributed by atoms with Gasteiger partial charge in [-0.1, -0.05) is 13.0 Å². The molecule has 1 unspecified atom stereocenters. The van der Waals surface area contributed by atoms with Gasteiger partial charge in [0.25, 0.3) is 0 Å². The third-order valence-corrected chi connectivity index (χ3v) is 3.64. The van der Waals surface area contributed by atoms with Gasteiger partial charge < -0.3 is 15.0 Å². The van der Waals surface area contributed by atoms with Crippen molar-refractivity contribution in [3.05, 3.63) is 29.9 Å². The number of nitrogens with one attached hydrogen (secondary N) is 1. The van der Waals surface area contributed by atoms with Crippen LogP contribution >= 0.6 is 11.3 Å². The van der Waals surface area contributed by atoms with Crippen LogP contribution < -0.4 is 5.32 Å². The van der Waals surface area contributed by atoms with E-state index >= 15 is 0 Å². The molecule has 2 aromatic heterocycles. The fourth-order valence-corrected chi connectivity index (χ4v) is 2.57. The summed E-state index contributed by atoms with van der Waals surface area (Å²) in [7, 11) is 0. The Bertz CT molecular complexity index is 522. The Morgan fingerprint density at radius 3 is 3.11 bits per heavy atom. The molecular weight excluding hydrogens is 262 g/mol. The largest absolute Gasteiger partial charge is 0.480 e. The number of imidazole rings is 1. The maximum atomic E-state index is 11.2. The fraction of sp³-hybridized carbons (Fsp3) is 0.385. The monoisotopic (exact) mass is 279 g/mol. The van der Waals surface area contributed by atoms with Crippen LogP contribution in [-0.2, 0) is 11.3 Å². The van der Waals surface area contributed by atoms with Crippen LogP contribution in [0.2, 0.25) is 0 Å². The van der Waals surface area contributed by atoms with Gasteiger partial charge in [0.05, 0.1) is 11.4 Å². The van der Waals surface area contributed by atoms with Crippen LogP contribution in [0.15, 0.2) is 29.9 Å². The van der Waals surface area contributed by atoms with E-state index in [1.807, 2.05) is 35.2 Å². The summed E-state index contributed by atoms with van der Waals surface area (Å²) < 4.78 is 1.88. The maximum Gasteiger partial charge on any atom is 0.322 e. The third-order valence-electron chi connectivity index (χ3n) is 2.78. The summed E-state index contributed by atoms with van der Waals surface area (Å²) in [6.45, 7) is 3.09. The molecule has 0 aliphatic carbocycles. The minimum Gasteiger partial charge on any atom is -0.480 e. The second kappa shape index (κ2) is 6.49. The lowest BCUT2D eigenvalue weighted by atomic mass is 10.2. The van der Waals surface area contributed by atoms with Crippen LogP contribution in [-0.4, -0.2) is 33.2 Å². The van der Waals surface area contributed by atoms with Crippen LogP contribution in [0.1, 0.15) is 13.3 Å². The predicted molar refractivity (Wildman–Crippen MR) is 75.3 cm³/mol. The zero-order valence-corrected chi connectivity index (χ0v) is 11.6. The van der Waals surface area contributed by atoms with Crippen molar-refractivity contribution >= 4 is 17.3 Å². The van der Waals surface area contributed by atoms with Gasteiger partial charge in [-0.3, -0.25) is 4.79 Å². The lowest BCUT2D eigenvalue weighted by molar-refractivity contribution is -0.139. The van der Waals surface area contributed by atoms with Gasteiger partial charge in [-0.2, -0.15) is 0 Å². The lowest BCUT2D eigenvalue weighted by Crippen LogP contribution is -2.40. The van der Waals surface area contributed by atoms with Crippen molar-refractivity contribution in [1.29, 1.82) is 0 Å². The van der Waals surface area contributed by atoms with Crippen molar-refractivity contribution in [2.45, 2.75) is 25.9 Å². The second-order valence-electron chi connectivity index (χ2n) is 4.23. The molecule has 0 fully saturated rings. The Labute approximate surface area is 115 Å². The topological polar surface area (TPSA) is 67.2 Å².